The highest BCUT2D eigenvalue weighted by atomic mass is 35.5. The Labute approximate surface area is 219 Å². The predicted molar refractivity (Wildman–Crippen MR) is 141 cm³/mol. The van der Waals surface area contributed by atoms with Crippen molar-refractivity contribution in [1.82, 2.24) is 4.90 Å². The van der Waals surface area contributed by atoms with Gasteiger partial charge < -0.3 is 14.5 Å². The van der Waals surface area contributed by atoms with Crippen LogP contribution in [-0.4, -0.2) is 43.7 Å². The highest BCUT2D eigenvalue weighted by Gasteiger charge is 2.38. The minimum atomic E-state index is -0.178. The van der Waals surface area contributed by atoms with E-state index >= 15 is 0 Å². The fourth-order valence-electron chi connectivity index (χ4n) is 4.41. The minimum absolute atomic E-state index is 0.00941. The third-order valence-corrected chi connectivity index (χ3v) is 7.05. The first kappa shape index (κ1) is 25.2. The van der Waals surface area contributed by atoms with E-state index in [2.05, 4.69) is 4.90 Å². The molecule has 1 fully saturated rings. The maximum atomic E-state index is 13.5. The molecule has 1 aliphatic rings. The number of carbonyl (C=O) groups excluding carboxylic acids is 1. The van der Waals surface area contributed by atoms with Crippen LogP contribution in [0.5, 0.6) is 0 Å². The number of anilines is 1. The summed E-state index contributed by atoms with van der Waals surface area (Å²) in [4.78, 5) is 17.6. The van der Waals surface area contributed by atoms with E-state index in [1.54, 1.807) is 19.2 Å². The van der Waals surface area contributed by atoms with Crippen molar-refractivity contribution in [3.05, 3.63) is 97.9 Å². The summed E-state index contributed by atoms with van der Waals surface area (Å²) in [5, 5.41) is 2.39. The summed E-state index contributed by atoms with van der Waals surface area (Å²) >= 11 is 25.1. The smallest absolute Gasteiger partial charge is 0.227 e. The van der Waals surface area contributed by atoms with Crippen LogP contribution in [0.3, 0.4) is 0 Å². The van der Waals surface area contributed by atoms with Gasteiger partial charge in [-0.25, -0.2) is 0 Å². The van der Waals surface area contributed by atoms with Gasteiger partial charge in [0.25, 0.3) is 0 Å². The van der Waals surface area contributed by atoms with Crippen LogP contribution < -0.4 is 4.90 Å². The molecule has 0 saturated carbocycles. The molecule has 34 heavy (non-hydrogen) atoms. The summed E-state index contributed by atoms with van der Waals surface area (Å²) in [7, 11) is 1.65. The number of methoxy groups -OCH3 is 1. The van der Waals surface area contributed by atoms with Crippen LogP contribution in [0.15, 0.2) is 66.7 Å². The van der Waals surface area contributed by atoms with Crippen LogP contribution in [0, 0.1) is 0 Å². The first-order valence-electron chi connectivity index (χ1n) is 10.9. The zero-order valence-corrected chi connectivity index (χ0v) is 21.6. The lowest BCUT2D eigenvalue weighted by Gasteiger charge is -2.47. The molecule has 3 aromatic rings. The molecule has 4 rings (SSSR count). The number of hydrogen-bond acceptors (Lipinski definition) is 3. The van der Waals surface area contributed by atoms with Crippen molar-refractivity contribution in [3.8, 4) is 0 Å². The third kappa shape index (κ3) is 5.81. The molecule has 0 N–H and O–H groups in total. The normalized spacial score (nSPS) is 18.3. The Morgan fingerprint density at radius 3 is 2.29 bits per heavy atom. The van der Waals surface area contributed by atoms with E-state index in [9.17, 15) is 4.79 Å². The van der Waals surface area contributed by atoms with Crippen LogP contribution in [0.1, 0.15) is 17.2 Å². The van der Waals surface area contributed by atoms with Crippen LogP contribution in [0.4, 0.5) is 5.69 Å². The summed E-state index contributed by atoms with van der Waals surface area (Å²) < 4.78 is 5.51. The SMILES string of the molecule is COC[C@H]1CN(c2ccc(Cl)cc2)[C@H](c2ccc(Cl)cc2Cl)CN1C(=O)Cc1cccc(Cl)c1. The quantitative estimate of drug-likeness (QED) is 0.341. The summed E-state index contributed by atoms with van der Waals surface area (Å²) in [5.74, 6) is 0.00941. The van der Waals surface area contributed by atoms with E-state index in [4.69, 9.17) is 51.1 Å². The van der Waals surface area contributed by atoms with Crippen molar-refractivity contribution in [2.75, 3.05) is 31.7 Å². The molecule has 3 aromatic carbocycles. The molecule has 1 heterocycles. The number of amides is 1. The van der Waals surface area contributed by atoms with Crippen LogP contribution in [0.25, 0.3) is 0 Å². The van der Waals surface area contributed by atoms with Gasteiger partial charge in [-0.15, -0.1) is 0 Å². The first-order chi connectivity index (χ1) is 16.4. The topological polar surface area (TPSA) is 32.8 Å². The maximum absolute atomic E-state index is 13.5. The maximum Gasteiger partial charge on any atom is 0.227 e. The van der Waals surface area contributed by atoms with E-state index in [1.165, 1.54) is 0 Å². The second-order valence-corrected chi connectivity index (χ2v) is 9.99. The van der Waals surface area contributed by atoms with Gasteiger partial charge in [-0.2, -0.15) is 0 Å². The van der Waals surface area contributed by atoms with E-state index in [-0.39, 0.29) is 24.4 Å². The monoisotopic (exact) mass is 536 g/mol. The number of piperazine rings is 1. The van der Waals surface area contributed by atoms with Crippen LogP contribution >= 0.6 is 46.4 Å². The fourth-order valence-corrected chi connectivity index (χ4v) is 5.28. The average molecular weight is 538 g/mol. The second-order valence-electron chi connectivity index (χ2n) is 8.27. The standard InChI is InChI=1S/C26H24Cl4N2O2/c1-34-16-22-14-31(21-8-5-18(27)6-9-21)25(23-10-7-20(29)13-24(23)30)15-32(22)26(33)12-17-3-2-4-19(28)11-17/h2-11,13,22,25H,12,14-16H2,1H3/t22-,25+/m1/s1. The Balaban J connectivity index is 1.70. The zero-order chi connectivity index (χ0) is 24.2. The van der Waals surface area contributed by atoms with E-state index in [0.717, 1.165) is 16.8 Å². The lowest BCUT2D eigenvalue weighted by Crippen LogP contribution is -2.58. The molecule has 0 bridgehead atoms. The van der Waals surface area contributed by atoms with E-state index in [1.807, 2.05) is 59.5 Å². The average Bonchev–Trinajstić information content (AvgIpc) is 2.80. The Hall–Kier alpha value is -1.95. The van der Waals surface area contributed by atoms with Crippen molar-refractivity contribution in [2.24, 2.45) is 0 Å². The number of carbonyl (C=O) groups is 1. The van der Waals surface area contributed by atoms with Crippen molar-refractivity contribution >= 4 is 58.0 Å². The largest absolute Gasteiger partial charge is 0.382 e. The Morgan fingerprint density at radius 1 is 0.912 bits per heavy atom. The highest BCUT2D eigenvalue weighted by molar-refractivity contribution is 6.35. The number of benzene rings is 3. The molecule has 1 aliphatic heterocycles. The molecule has 178 valence electrons. The van der Waals surface area contributed by atoms with E-state index in [0.29, 0.717) is 39.8 Å². The van der Waals surface area contributed by atoms with Gasteiger partial charge in [0.05, 0.1) is 25.1 Å². The number of halogens is 4. The van der Waals surface area contributed by atoms with Crippen molar-refractivity contribution in [2.45, 2.75) is 18.5 Å². The summed E-state index contributed by atoms with van der Waals surface area (Å²) in [6, 6.07) is 20.2. The summed E-state index contributed by atoms with van der Waals surface area (Å²) in [6.45, 7) is 1.42. The number of nitrogens with zero attached hydrogens (tertiary/aromatic N) is 2. The lowest BCUT2D eigenvalue weighted by molar-refractivity contribution is -0.135. The number of rotatable bonds is 6. The van der Waals surface area contributed by atoms with Gasteiger partial charge in [-0.3, -0.25) is 4.79 Å². The van der Waals surface area contributed by atoms with Crippen LogP contribution in [0.2, 0.25) is 20.1 Å². The Kier molecular flexibility index (Phi) is 8.28. The second kappa shape index (κ2) is 11.2. The minimum Gasteiger partial charge on any atom is -0.382 e. The summed E-state index contributed by atoms with van der Waals surface area (Å²) in [5.41, 5.74) is 2.76. The molecule has 2 atom stereocenters. The third-order valence-electron chi connectivity index (χ3n) is 6.00. The first-order valence-corrected chi connectivity index (χ1v) is 12.4. The van der Waals surface area contributed by atoms with Crippen LogP contribution in [-0.2, 0) is 16.0 Å². The molecular weight excluding hydrogens is 514 g/mol. The number of ether oxygens (including phenoxy) is 1. The number of hydrogen-bond donors (Lipinski definition) is 0. The molecule has 8 heteroatoms. The Bertz CT molecular complexity index is 1160. The molecule has 0 aromatic heterocycles. The molecule has 0 radical (unpaired) electrons. The van der Waals surface area contributed by atoms with Gasteiger partial charge in [0.1, 0.15) is 0 Å². The Morgan fingerprint density at radius 2 is 1.62 bits per heavy atom. The molecule has 4 nitrogen and oxygen atoms in total. The fraction of sp³-hybridized carbons (Fsp3) is 0.269. The lowest BCUT2D eigenvalue weighted by atomic mass is 9.97. The molecule has 0 aliphatic carbocycles. The van der Waals surface area contributed by atoms with Crippen molar-refractivity contribution in [1.29, 1.82) is 0 Å². The highest BCUT2D eigenvalue weighted by Crippen LogP contribution is 2.37. The van der Waals surface area contributed by atoms with Gasteiger partial charge in [0, 0.05) is 46.0 Å². The van der Waals surface area contributed by atoms with Crippen molar-refractivity contribution in [3.63, 3.8) is 0 Å². The predicted octanol–water partition coefficient (Wildman–Crippen LogP) is 6.95. The molecule has 0 spiro atoms. The molecule has 0 unspecified atom stereocenters. The van der Waals surface area contributed by atoms with Gasteiger partial charge in [0.2, 0.25) is 5.91 Å². The van der Waals surface area contributed by atoms with Gasteiger partial charge in [0.15, 0.2) is 0 Å². The zero-order valence-electron chi connectivity index (χ0n) is 18.6. The van der Waals surface area contributed by atoms with Gasteiger partial charge in [-0.1, -0.05) is 64.6 Å². The van der Waals surface area contributed by atoms with Crippen molar-refractivity contribution < 1.29 is 9.53 Å². The summed E-state index contributed by atoms with van der Waals surface area (Å²) in [6.07, 6.45) is 0.253. The molecule has 1 amide bonds. The molecular formula is C26H24Cl4N2O2. The van der Waals surface area contributed by atoms with E-state index < -0.39 is 0 Å². The molecule has 1 saturated heterocycles. The van der Waals surface area contributed by atoms with Gasteiger partial charge >= 0.3 is 0 Å². The van der Waals surface area contributed by atoms with Gasteiger partial charge in [-0.05, 0) is 59.7 Å².